The quantitative estimate of drug-likeness (QED) is 0.331. The highest BCUT2D eigenvalue weighted by molar-refractivity contribution is 7.80. The minimum Gasteiger partial charge on any atom is -0.495 e. The molecule has 0 saturated carbocycles. The maximum atomic E-state index is 14.5. The van der Waals surface area contributed by atoms with Crippen molar-refractivity contribution >= 4 is 12.6 Å². The largest absolute Gasteiger partial charge is 0.495 e. The standard InChI is InChI=1S/C19H11F5OS/c1-25-16-5-4-12(17(23)19(16)26)9-2-3-11(13(20)6-9)10-7-14(21)18(24)15(22)8-10/h2-8,26H,1H3. The number of rotatable bonds is 3. The Hall–Kier alpha value is -2.54. The molecule has 26 heavy (non-hydrogen) atoms. The van der Waals surface area contributed by atoms with E-state index in [1.54, 1.807) is 0 Å². The van der Waals surface area contributed by atoms with Crippen molar-refractivity contribution in [3.63, 3.8) is 0 Å². The van der Waals surface area contributed by atoms with Crippen LogP contribution in [0.25, 0.3) is 22.3 Å². The molecule has 0 fully saturated rings. The predicted octanol–water partition coefficient (Wildman–Crippen LogP) is 6.01. The monoisotopic (exact) mass is 382 g/mol. The molecule has 0 aromatic heterocycles. The van der Waals surface area contributed by atoms with E-state index in [1.165, 1.54) is 31.4 Å². The minimum absolute atomic E-state index is 0.0304. The van der Waals surface area contributed by atoms with Gasteiger partial charge in [0.25, 0.3) is 0 Å². The highest BCUT2D eigenvalue weighted by Crippen LogP contribution is 2.35. The van der Waals surface area contributed by atoms with Crippen molar-refractivity contribution < 1.29 is 26.7 Å². The van der Waals surface area contributed by atoms with Crippen LogP contribution >= 0.6 is 12.6 Å². The second kappa shape index (κ2) is 6.99. The summed E-state index contributed by atoms with van der Waals surface area (Å²) in [6, 6.07) is 7.91. The summed E-state index contributed by atoms with van der Waals surface area (Å²) >= 11 is 4.03. The zero-order valence-electron chi connectivity index (χ0n) is 13.3. The Balaban J connectivity index is 2.08. The molecular weight excluding hydrogens is 371 g/mol. The van der Waals surface area contributed by atoms with Crippen LogP contribution in [0.15, 0.2) is 47.4 Å². The third-order valence-corrected chi connectivity index (χ3v) is 4.29. The van der Waals surface area contributed by atoms with Crippen molar-refractivity contribution in [2.45, 2.75) is 4.90 Å². The Morgan fingerprint density at radius 1 is 0.692 bits per heavy atom. The molecule has 0 aliphatic heterocycles. The first kappa shape index (κ1) is 18.3. The molecule has 0 spiro atoms. The Bertz CT molecular complexity index is 980. The van der Waals surface area contributed by atoms with Crippen LogP contribution in [-0.2, 0) is 0 Å². The van der Waals surface area contributed by atoms with Crippen LogP contribution in [-0.4, -0.2) is 7.11 Å². The smallest absolute Gasteiger partial charge is 0.194 e. The van der Waals surface area contributed by atoms with Crippen molar-refractivity contribution in [2.24, 2.45) is 0 Å². The molecule has 0 amide bonds. The fourth-order valence-electron chi connectivity index (χ4n) is 2.56. The van der Waals surface area contributed by atoms with Crippen molar-refractivity contribution in [2.75, 3.05) is 7.11 Å². The molecule has 7 heteroatoms. The van der Waals surface area contributed by atoms with Crippen molar-refractivity contribution in [1.82, 2.24) is 0 Å². The summed E-state index contributed by atoms with van der Waals surface area (Å²) in [5.41, 5.74) is -0.0374. The fraction of sp³-hybridized carbons (Fsp3) is 0.0526. The van der Waals surface area contributed by atoms with Gasteiger partial charge in [-0.1, -0.05) is 12.1 Å². The maximum absolute atomic E-state index is 14.5. The molecule has 0 atom stereocenters. The fourth-order valence-corrected chi connectivity index (χ4v) is 2.85. The van der Waals surface area contributed by atoms with Crippen LogP contribution in [0.3, 0.4) is 0 Å². The number of hydrogen-bond acceptors (Lipinski definition) is 2. The molecule has 0 heterocycles. The number of halogens is 5. The summed E-state index contributed by atoms with van der Waals surface area (Å²) in [4.78, 5) is -0.0304. The molecular formula is C19H11F5OS. The lowest BCUT2D eigenvalue weighted by atomic mass is 9.99. The molecule has 0 N–H and O–H groups in total. The molecule has 1 nitrogen and oxygen atoms in total. The van der Waals surface area contributed by atoms with Gasteiger partial charge in [0.05, 0.1) is 12.0 Å². The molecule has 0 unspecified atom stereocenters. The van der Waals surface area contributed by atoms with Gasteiger partial charge >= 0.3 is 0 Å². The van der Waals surface area contributed by atoms with E-state index in [1.807, 2.05) is 0 Å². The Morgan fingerprint density at radius 3 is 1.85 bits per heavy atom. The van der Waals surface area contributed by atoms with Gasteiger partial charge in [-0.15, -0.1) is 12.6 Å². The van der Waals surface area contributed by atoms with Crippen molar-refractivity contribution in [1.29, 1.82) is 0 Å². The number of hydrogen-bond donors (Lipinski definition) is 1. The predicted molar refractivity (Wildman–Crippen MR) is 90.9 cm³/mol. The van der Waals surface area contributed by atoms with Gasteiger partial charge < -0.3 is 4.74 Å². The first-order chi connectivity index (χ1) is 12.3. The normalized spacial score (nSPS) is 10.9. The van der Waals surface area contributed by atoms with Gasteiger partial charge in [0.1, 0.15) is 17.4 Å². The summed E-state index contributed by atoms with van der Waals surface area (Å²) in [7, 11) is 1.36. The van der Waals surface area contributed by atoms with Gasteiger partial charge in [-0.3, -0.25) is 0 Å². The lowest BCUT2D eigenvalue weighted by Gasteiger charge is -2.11. The number of methoxy groups -OCH3 is 1. The summed E-state index contributed by atoms with van der Waals surface area (Å²) in [6.07, 6.45) is 0. The lowest BCUT2D eigenvalue weighted by Crippen LogP contribution is -1.95. The molecule has 3 rings (SSSR count). The van der Waals surface area contributed by atoms with E-state index in [-0.39, 0.29) is 32.9 Å². The van der Waals surface area contributed by atoms with E-state index in [0.717, 1.165) is 6.07 Å². The van der Waals surface area contributed by atoms with Gasteiger partial charge in [-0.25, -0.2) is 22.0 Å². The molecule has 3 aromatic rings. The second-order valence-corrected chi connectivity index (χ2v) is 5.87. The molecule has 3 aromatic carbocycles. The summed E-state index contributed by atoms with van der Waals surface area (Å²) in [6.45, 7) is 0. The Morgan fingerprint density at radius 2 is 1.27 bits per heavy atom. The van der Waals surface area contributed by atoms with Gasteiger partial charge in [-0.05, 0) is 41.5 Å². The Labute approximate surface area is 151 Å². The van der Waals surface area contributed by atoms with Crippen LogP contribution in [0.4, 0.5) is 22.0 Å². The van der Waals surface area contributed by atoms with Crippen LogP contribution in [0, 0.1) is 29.1 Å². The van der Waals surface area contributed by atoms with Crippen LogP contribution in [0.5, 0.6) is 5.75 Å². The molecule has 0 bridgehead atoms. The SMILES string of the molecule is COc1ccc(-c2ccc(-c3cc(F)c(F)c(F)c3)c(F)c2)c(F)c1S. The van der Waals surface area contributed by atoms with Gasteiger partial charge in [-0.2, -0.15) is 0 Å². The first-order valence-electron chi connectivity index (χ1n) is 7.33. The third-order valence-electron chi connectivity index (χ3n) is 3.87. The van der Waals surface area contributed by atoms with E-state index in [0.29, 0.717) is 12.1 Å². The lowest BCUT2D eigenvalue weighted by molar-refractivity contribution is 0.398. The highest BCUT2D eigenvalue weighted by Gasteiger charge is 2.17. The van der Waals surface area contributed by atoms with Gasteiger partial charge in [0.2, 0.25) is 0 Å². The van der Waals surface area contributed by atoms with Crippen LogP contribution in [0.2, 0.25) is 0 Å². The van der Waals surface area contributed by atoms with Gasteiger partial charge in [0.15, 0.2) is 17.5 Å². The number of thiol groups is 1. The van der Waals surface area contributed by atoms with Crippen LogP contribution < -0.4 is 4.74 Å². The molecule has 0 saturated heterocycles. The van der Waals surface area contributed by atoms with E-state index >= 15 is 0 Å². The number of benzene rings is 3. The highest BCUT2D eigenvalue weighted by atomic mass is 32.1. The van der Waals surface area contributed by atoms with Crippen molar-refractivity contribution in [3.05, 3.63) is 71.6 Å². The number of ether oxygens (including phenoxy) is 1. The average Bonchev–Trinajstić information content (AvgIpc) is 2.61. The molecule has 0 aliphatic rings. The average molecular weight is 382 g/mol. The maximum Gasteiger partial charge on any atom is 0.194 e. The zero-order chi connectivity index (χ0) is 19.0. The summed E-state index contributed by atoms with van der Waals surface area (Å²) in [5.74, 6) is -5.80. The van der Waals surface area contributed by atoms with E-state index in [9.17, 15) is 22.0 Å². The topological polar surface area (TPSA) is 9.23 Å². The molecule has 0 radical (unpaired) electrons. The molecule has 0 aliphatic carbocycles. The van der Waals surface area contributed by atoms with E-state index < -0.39 is 29.1 Å². The summed E-state index contributed by atoms with van der Waals surface area (Å²) < 4.78 is 73.6. The van der Waals surface area contributed by atoms with E-state index in [2.05, 4.69) is 12.6 Å². The first-order valence-corrected chi connectivity index (χ1v) is 7.78. The molecule has 134 valence electrons. The second-order valence-electron chi connectivity index (χ2n) is 5.43. The third kappa shape index (κ3) is 3.14. The summed E-state index contributed by atoms with van der Waals surface area (Å²) in [5, 5.41) is 0. The zero-order valence-corrected chi connectivity index (χ0v) is 14.2. The van der Waals surface area contributed by atoms with Crippen molar-refractivity contribution in [3.8, 4) is 28.0 Å². The minimum atomic E-state index is -1.63. The van der Waals surface area contributed by atoms with Gasteiger partial charge in [0, 0.05) is 11.1 Å². The van der Waals surface area contributed by atoms with E-state index in [4.69, 9.17) is 4.74 Å². The van der Waals surface area contributed by atoms with Crippen LogP contribution in [0.1, 0.15) is 0 Å². The Kier molecular flexibility index (Phi) is 4.91.